The van der Waals surface area contributed by atoms with E-state index in [1.165, 1.54) is 56.3 Å². The molecule has 0 saturated carbocycles. The molecule has 1 aromatic heterocycles. The van der Waals surface area contributed by atoms with E-state index in [1.807, 2.05) is 6.07 Å². The summed E-state index contributed by atoms with van der Waals surface area (Å²) in [4.78, 5) is 0.972. The predicted molar refractivity (Wildman–Crippen MR) is 89.2 cm³/mol. The van der Waals surface area contributed by atoms with Gasteiger partial charge in [-0.2, -0.15) is 0 Å². The van der Waals surface area contributed by atoms with Gasteiger partial charge in [0, 0.05) is 9.35 Å². The second-order valence-corrected chi connectivity index (χ2v) is 7.59. The molecule has 19 heavy (non-hydrogen) atoms. The van der Waals surface area contributed by atoms with Crippen molar-refractivity contribution in [1.29, 1.82) is 0 Å². The Bertz CT molecular complexity index is 334. The molecule has 0 aliphatic heterocycles. The summed E-state index contributed by atoms with van der Waals surface area (Å²) in [6, 6.07) is 1.93. The monoisotopic (exact) mass is 366 g/mol. The van der Waals surface area contributed by atoms with Crippen LogP contribution >= 0.6 is 38.9 Å². The summed E-state index contributed by atoms with van der Waals surface area (Å²) in [5.41, 5.74) is 0. The van der Waals surface area contributed by atoms with Gasteiger partial charge in [-0.15, -0.1) is 11.3 Å². The highest BCUT2D eigenvalue weighted by Crippen LogP contribution is 2.36. The summed E-state index contributed by atoms with van der Waals surface area (Å²) in [6.07, 6.45) is 10.9. The number of halogens is 2. The molecule has 1 heterocycles. The van der Waals surface area contributed by atoms with Gasteiger partial charge in [0.05, 0.1) is 6.10 Å². The molecular formula is C15H24BrClOS. The standard InChI is InChI=1S/C15H24BrClOS/c1-2-3-4-5-6-7-8-9-10-13(18)14-11-12(16)15(17)19-14/h11,13,18H,2-10H2,1H3. The fourth-order valence-electron chi connectivity index (χ4n) is 2.14. The minimum Gasteiger partial charge on any atom is -0.388 e. The average Bonchev–Trinajstić information content (AvgIpc) is 2.73. The van der Waals surface area contributed by atoms with Crippen molar-refractivity contribution in [3.8, 4) is 0 Å². The molecule has 0 radical (unpaired) electrons. The molecule has 0 aliphatic carbocycles. The molecular weight excluding hydrogens is 344 g/mol. The molecule has 1 rings (SSSR count). The van der Waals surface area contributed by atoms with Gasteiger partial charge >= 0.3 is 0 Å². The Labute approximate surface area is 134 Å². The summed E-state index contributed by atoms with van der Waals surface area (Å²) in [5, 5.41) is 10.1. The molecule has 110 valence electrons. The quantitative estimate of drug-likeness (QED) is 0.454. The van der Waals surface area contributed by atoms with Crippen LogP contribution in [-0.4, -0.2) is 5.11 Å². The van der Waals surface area contributed by atoms with Crippen molar-refractivity contribution in [2.24, 2.45) is 0 Å². The second-order valence-electron chi connectivity index (χ2n) is 5.05. The van der Waals surface area contributed by atoms with E-state index in [9.17, 15) is 5.11 Å². The van der Waals surface area contributed by atoms with E-state index in [4.69, 9.17) is 11.6 Å². The molecule has 0 bridgehead atoms. The van der Waals surface area contributed by atoms with Gasteiger partial charge in [0.1, 0.15) is 4.34 Å². The predicted octanol–water partition coefficient (Wildman–Crippen LogP) is 6.73. The first-order chi connectivity index (χ1) is 9.15. The number of hydrogen-bond acceptors (Lipinski definition) is 2. The van der Waals surface area contributed by atoms with Crippen molar-refractivity contribution in [2.45, 2.75) is 70.8 Å². The Hall–Kier alpha value is 0.430. The van der Waals surface area contributed by atoms with Crippen LogP contribution in [0.4, 0.5) is 0 Å². The van der Waals surface area contributed by atoms with Crippen LogP contribution in [0.25, 0.3) is 0 Å². The van der Waals surface area contributed by atoms with Crippen molar-refractivity contribution in [3.05, 3.63) is 19.8 Å². The van der Waals surface area contributed by atoms with E-state index in [0.29, 0.717) is 0 Å². The van der Waals surface area contributed by atoms with Gasteiger partial charge in [0.15, 0.2) is 0 Å². The first-order valence-corrected chi connectivity index (χ1v) is 9.26. The van der Waals surface area contributed by atoms with Gasteiger partial charge in [0.25, 0.3) is 0 Å². The Morgan fingerprint density at radius 3 is 2.26 bits per heavy atom. The molecule has 1 aromatic rings. The van der Waals surface area contributed by atoms with Crippen LogP contribution in [-0.2, 0) is 0 Å². The Balaban J connectivity index is 2.06. The first kappa shape index (κ1) is 17.5. The van der Waals surface area contributed by atoms with E-state index in [2.05, 4.69) is 22.9 Å². The minimum absolute atomic E-state index is 0.353. The fourth-order valence-corrected chi connectivity index (χ4v) is 3.90. The Morgan fingerprint density at radius 1 is 1.16 bits per heavy atom. The number of thiophene rings is 1. The fraction of sp³-hybridized carbons (Fsp3) is 0.733. The Morgan fingerprint density at radius 2 is 1.74 bits per heavy atom. The maximum Gasteiger partial charge on any atom is 0.107 e. The van der Waals surface area contributed by atoms with Crippen LogP contribution < -0.4 is 0 Å². The van der Waals surface area contributed by atoms with E-state index >= 15 is 0 Å². The third-order valence-electron chi connectivity index (χ3n) is 3.32. The van der Waals surface area contributed by atoms with Gasteiger partial charge in [0.2, 0.25) is 0 Å². The number of aliphatic hydroxyl groups excluding tert-OH is 1. The van der Waals surface area contributed by atoms with Gasteiger partial charge in [-0.1, -0.05) is 69.9 Å². The van der Waals surface area contributed by atoms with Crippen molar-refractivity contribution >= 4 is 38.9 Å². The molecule has 1 unspecified atom stereocenters. The average molecular weight is 368 g/mol. The number of aliphatic hydroxyl groups is 1. The molecule has 0 spiro atoms. The summed E-state index contributed by atoms with van der Waals surface area (Å²) >= 11 is 10.8. The van der Waals surface area contributed by atoms with Crippen LogP contribution in [0, 0.1) is 0 Å². The third kappa shape index (κ3) is 7.12. The topological polar surface area (TPSA) is 20.2 Å². The molecule has 0 aromatic carbocycles. The normalized spacial score (nSPS) is 12.8. The van der Waals surface area contributed by atoms with Crippen LogP contribution in [0.3, 0.4) is 0 Å². The van der Waals surface area contributed by atoms with Crippen molar-refractivity contribution in [3.63, 3.8) is 0 Å². The molecule has 0 amide bonds. The first-order valence-electron chi connectivity index (χ1n) is 7.28. The maximum absolute atomic E-state index is 10.1. The van der Waals surface area contributed by atoms with Crippen molar-refractivity contribution < 1.29 is 5.11 Å². The van der Waals surface area contributed by atoms with Gasteiger partial charge < -0.3 is 5.11 Å². The van der Waals surface area contributed by atoms with Crippen LogP contribution in [0.5, 0.6) is 0 Å². The molecule has 0 fully saturated rings. The van der Waals surface area contributed by atoms with E-state index in [-0.39, 0.29) is 6.10 Å². The molecule has 1 N–H and O–H groups in total. The molecule has 0 saturated heterocycles. The van der Waals surface area contributed by atoms with Crippen molar-refractivity contribution in [1.82, 2.24) is 0 Å². The highest BCUT2D eigenvalue weighted by atomic mass is 79.9. The Kier molecular flexibility index (Phi) is 9.38. The minimum atomic E-state index is -0.353. The van der Waals surface area contributed by atoms with Crippen LogP contribution in [0.1, 0.15) is 75.7 Å². The van der Waals surface area contributed by atoms with E-state index < -0.39 is 0 Å². The highest BCUT2D eigenvalue weighted by molar-refractivity contribution is 9.10. The lowest BCUT2D eigenvalue weighted by molar-refractivity contribution is 0.167. The number of rotatable bonds is 10. The van der Waals surface area contributed by atoms with Gasteiger partial charge in [-0.05, 0) is 28.4 Å². The largest absolute Gasteiger partial charge is 0.388 e. The number of unbranched alkanes of at least 4 members (excludes halogenated alkanes) is 7. The lowest BCUT2D eigenvalue weighted by Gasteiger charge is -2.07. The zero-order valence-corrected chi connectivity index (χ0v) is 14.8. The van der Waals surface area contributed by atoms with Gasteiger partial charge in [-0.3, -0.25) is 0 Å². The summed E-state index contributed by atoms with van der Waals surface area (Å²) in [5.74, 6) is 0. The summed E-state index contributed by atoms with van der Waals surface area (Å²) < 4.78 is 1.62. The lowest BCUT2D eigenvalue weighted by Crippen LogP contribution is -1.94. The third-order valence-corrected chi connectivity index (χ3v) is 5.90. The van der Waals surface area contributed by atoms with Crippen LogP contribution in [0.15, 0.2) is 10.5 Å². The summed E-state index contributed by atoms with van der Waals surface area (Å²) in [6.45, 7) is 2.25. The van der Waals surface area contributed by atoms with Crippen LogP contribution in [0.2, 0.25) is 4.34 Å². The highest BCUT2D eigenvalue weighted by Gasteiger charge is 2.12. The molecule has 4 heteroatoms. The molecule has 1 nitrogen and oxygen atoms in total. The smallest absolute Gasteiger partial charge is 0.107 e. The zero-order valence-electron chi connectivity index (χ0n) is 11.6. The SMILES string of the molecule is CCCCCCCCCCC(O)c1cc(Br)c(Cl)s1. The maximum atomic E-state index is 10.1. The molecule has 1 atom stereocenters. The second kappa shape index (κ2) is 10.2. The van der Waals surface area contributed by atoms with Crippen molar-refractivity contribution in [2.75, 3.05) is 0 Å². The van der Waals surface area contributed by atoms with Gasteiger partial charge in [-0.25, -0.2) is 0 Å². The lowest BCUT2D eigenvalue weighted by atomic mass is 10.1. The molecule has 0 aliphatic rings. The van der Waals surface area contributed by atoms with E-state index in [1.54, 1.807) is 0 Å². The number of hydrogen-bond donors (Lipinski definition) is 1. The zero-order chi connectivity index (χ0) is 14.1. The van der Waals surface area contributed by atoms with E-state index in [0.717, 1.165) is 26.5 Å². The summed E-state index contributed by atoms with van der Waals surface area (Å²) in [7, 11) is 0.